The first-order valence-corrected chi connectivity index (χ1v) is 6.46. The van der Waals surface area contributed by atoms with Crippen LogP contribution in [0.4, 0.5) is 18.9 Å². The van der Waals surface area contributed by atoms with Crippen LogP contribution in [0.2, 0.25) is 0 Å². The molecule has 1 N–H and O–H groups in total. The molecule has 0 aromatic heterocycles. The second-order valence-corrected chi connectivity index (χ2v) is 5.26. The van der Waals surface area contributed by atoms with Gasteiger partial charge in [-0.3, -0.25) is 0 Å². The third-order valence-electron chi connectivity index (χ3n) is 3.22. The fourth-order valence-corrected chi connectivity index (χ4v) is 2.12. The minimum absolute atomic E-state index is 0.543. The van der Waals surface area contributed by atoms with Crippen molar-refractivity contribution < 1.29 is 13.2 Å². The van der Waals surface area contributed by atoms with Crippen molar-refractivity contribution >= 4 is 5.69 Å². The average Bonchev–Trinajstić information content (AvgIpc) is 3.07. The number of hydrogen-bond acceptors (Lipinski definition) is 2. The zero-order valence-corrected chi connectivity index (χ0v) is 11.2. The molecule has 1 aromatic rings. The monoisotopic (exact) mass is 272 g/mol. The van der Waals surface area contributed by atoms with Crippen LogP contribution >= 0.6 is 0 Å². The Morgan fingerprint density at radius 1 is 1.32 bits per heavy atom. The van der Waals surface area contributed by atoms with E-state index in [1.54, 1.807) is 6.07 Å². The molecule has 0 atom stereocenters. The largest absolute Gasteiger partial charge is 0.405 e. The molecule has 5 heteroatoms. The van der Waals surface area contributed by atoms with Crippen LogP contribution in [0.3, 0.4) is 0 Å². The number of halogens is 3. The quantitative estimate of drug-likeness (QED) is 0.885. The Hall–Kier alpha value is -1.23. The highest BCUT2D eigenvalue weighted by molar-refractivity contribution is 5.54. The molecule has 1 aliphatic carbocycles. The van der Waals surface area contributed by atoms with Gasteiger partial charge in [0, 0.05) is 25.3 Å². The van der Waals surface area contributed by atoms with Gasteiger partial charge in [0.25, 0.3) is 0 Å². The number of benzene rings is 1. The number of nitrogens with zero attached hydrogens (tertiary/aromatic N) is 1. The number of hydrogen-bond donors (Lipinski definition) is 1. The Morgan fingerprint density at radius 2 is 2.00 bits per heavy atom. The summed E-state index contributed by atoms with van der Waals surface area (Å²) in [4.78, 5) is 1.27. The molecule has 1 fully saturated rings. The minimum Gasteiger partial charge on any atom is -0.365 e. The average molecular weight is 272 g/mol. The van der Waals surface area contributed by atoms with E-state index in [2.05, 4.69) is 5.32 Å². The molecular weight excluding hydrogens is 253 g/mol. The van der Waals surface area contributed by atoms with E-state index >= 15 is 0 Å². The molecule has 0 aliphatic heterocycles. The van der Waals surface area contributed by atoms with Crippen LogP contribution in [0.15, 0.2) is 18.2 Å². The van der Waals surface area contributed by atoms with E-state index in [0.717, 1.165) is 11.1 Å². The van der Waals surface area contributed by atoms with Gasteiger partial charge in [-0.2, -0.15) is 13.2 Å². The molecule has 0 spiro atoms. The van der Waals surface area contributed by atoms with Gasteiger partial charge in [-0.15, -0.1) is 0 Å². The van der Waals surface area contributed by atoms with Gasteiger partial charge in [0.2, 0.25) is 0 Å². The van der Waals surface area contributed by atoms with Crippen LogP contribution in [-0.2, 0) is 6.54 Å². The number of alkyl halides is 3. The summed E-state index contributed by atoms with van der Waals surface area (Å²) < 4.78 is 37.4. The topological polar surface area (TPSA) is 15.3 Å². The Labute approximate surface area is 111 Å². The van der Waals surface area contributed by atoms with Crippen LogP contribution in [0.1, 0.15) is 24.0 Å². The summed E-state index contributed by atoms with van der Waals surface area (Å²) in [6.07, 6.45) is -1.85. The Balaban J connectivity index is 2.12. The predicted octanol–water partition coefficient (Wildman–Crippen LogP) is 3.25. The summed E-state index contributed by atoms with van der Waals surface area (Å²) in [7, 11) is 1.48. The molecule has 106 valence electrons. The molecule has 0 heterocycles. The second-order valence-electron chi connectivity index (χ2n) is 5.26. The number of rotatable bonds is 5. The van der Waals surface area contributed by atoms with E-state index in [1.165, 1.54) is 24.8 Å². The summed E-state index contributed by atoms with van der Waals surface area (Å²) in [6, 6.07) is 6.12. The Bertz CT molecular complexity index is 439. The van der Waals surface area contributed by atoms with E-state index < -0.39 is 12.7 Å². The van der Waals surface area contributed by atoms with Crippen molar-refractivity contribution in [3.05, 3.63) is 29.3 Å². The lowest BCUT2D eigenvalue weighted by Gasteiger charge is -2.24. The standard InChI is InChI=1S/C14H19F3N2/c1-10-3-6-13(19(2)9-14(15,16)17)11(7-10)8-18-12-4-5-12/h3,6-7,12,18H,4-5,8-9H2,1-2H3. The van der Waals surface area contributed by atoms with Crippen LogP contribution in [-0.4, -0.2) is 25.8 Å². The highest BCUT2D eigenvalue weighted by Crippen LogP contribution is 2.26. The highest BCUT2D eigenvalue weighted by atomic mass is 19.4. The van der Waals surface area contributed by atoms with Crippen molar-refractivity contribution in [1.82, 2.24) is 5.32 Å². The summed E-state index contributed by atoms with van der Waals surface area (Å²) >= 11 is 0. The molecule has 19 heavy (non-hydrogen) atoms. The smallest absolute Gasteiger partial charge is 0.365 e. The lowest BCUT2D eigenvalue weighted by Crippen LogP contribution is -2.32. The van der Waals surface area contributed by atoms with E-state index in [9.17, 15) is 13.2 Å². The van der Waals surface area contributed by atoms with Crippen molar-refractivity contribution in [2.45, 2.75) is 38.5 Å². The maximum Gasteiger partial charge on any atom is 0.405 e. The SMILES string of the molecule is Cc1ccc(N(C)CC(F)(F)F)c(CNC2CC2)c1. The van der Waals surface area contributed by atoms with Gasteiger partial charge >= 0.3 is 6.18 Å². The Kier molecular flexibility index (Phi) is 4.04. The molecule has 2 rings (SSSR count). The third-order valence-corrected chi connectivity index (χ3v) is 3.22. The fraction of sp³-hybridized carbons (Fsp3) is 0.571. The Morgan fingerprint density at radius 3 is 2.58 bits per heavy atom. The van der Waals surface area contributed by atoms with Crippen molar-refractivity contribution in [3.8, 4) is 0 Å². The molecule has 1 saturated carbocycles. The molecule has 0 amide bonds. The van der Waals surface area contributed by atoms with Crippen LogP contribution in [0.25, 0.3) is 0 Å². The second kappa shape index (κ2) is 5.41. The van der Waals surface area contributed by atoms with Crippen molar-refractivity contribution in [3.63, 3.8) is 0 Å². The molecule has 1 aromatic carbocycles. The summed E-state index contributed by atoms with van der Waals surface area (Å²) in [5.74, 6) is 0. The van der Waals surface area contributed by atoms with Crippen molar-refractivity contribution in [1.29, 1.82) is 0 Å². The van der Waals surface area contributed by atoms with Gasteiger partial charge in [-0.1, -0.05) is 17.7 Å². The molecule has 0 radical (unpaired) electrons. The van der Waals surface area contributed by atoms with E-state index in [4.69, 9.17) is 0 Å². The normalized spacial score (nSPS) is 15.6. The highest BCUT2D eigenvalue weighted by Gasteiger charge is 2.30. The zero-order chi connectivity index (χ0) is 14.0. The van der Waals surface area contributed by atoms with Crippen LogP contribution in [0.5, 0.6) is 0 Å². The van der Waals surface area contributed by atoms with E-state index in [0.29, 0.717) is 18.3 Å². The molecule has 1 aliphatic rings. The first kappa shape index (κ1) is 14.2. The van der Waals surface area contributed by atoms with Crippen LogP contribution < -0.4 is 10.2 Å². The zero-order valence-electron chi connectivity index (χ0n) is 11.2. The van der Waals surface area contributed by atoms with Gasteiger partial charge in [0.1, 0.15) is 6.54 Å². The first-order valence-electron chi connectivity index (χ1n) is 6.46. The maximum atomic E-state index is 12.5. The van der Waals surface area contributed by atoms with Gasteiger partial charge in [-0.25, -0.2) is 0 Å². The fourth-order valence-electron chi connectivity index (χ4n) is 2.12. The molecule has 0 unspecified atom stereocenters. The lowest BCUT2D eigenvalue weighted by atomic mass is 10.1. The predicted molar refractivity (Wildman–Crippen MR) is 70.4 cm³/mol. The summed E-state index contributed by atoms with van der Waals surface area (Å²) in [5.41, 5.74) is 2.64. The van der Waals surface area contributed by atoms with Gasteiger partial charge in [0.15, 0.2) is 0 Å². The first-order chi connectivity index (χ1) is 8.85. The lowest BCUT2D eigenvalue weighted by molar-refractivity contribution is -0.119. The van der Waals surface area contributed by atoms with Gasteiger partial charge < -0.3 is 10.2 Å². The molecule has 0 saturated heterocycles. The van der Waals surface area contributed by atoms with E-state index in [-0.39, 0.29) is 0 Å². The minimum atomic E-state index is -4.18. The van der Waals surface area contributed by atoms with Crippen molar-refractivity contribution in [2.24, 2.45) is 0 Å². The van der Waals surface area contributed by atoms with Gasteiger partial charge in [0.05, 0.1) is 0 Å². The maximum absolute atomic E-state index is 12.5. The summed E-state index contributed by atoms with van der Waals surface area (Å²) in [5, 5.41) is 3.35. The molecule has 0 bridgehead atoms. The number of aryl methyl sites for hydroxylation is 1. The van der Waals surface area contributed by atoms with Crippen LogP contribution in [0, 0.1) is 6.92 Å². The van der Waals surface area contributed by atoms with E-state index in [1.807, 2.05) is 19.1 Å². The summed E-state index contributed by atoms with van der Waals surface area (Å²) in [6.45, 7) is 1.66. The molecule has 2 nitrogen and oxygen atoms in total. The van der Waals surface area contributed by atoms with Gasteiger partial charge in [-0.05, 0) is 31.4 Å². The third kappa shape index (κ3) is 4.42. The molecular formula is C14H19F3N2. The van der Waals surface area contributed by atoms with Crippen molar-refractivity contribution in [2.75, 3.05) is 18.5 Å². The number of anilines is 1. The number of nitrogens with one attached hydrogen (secondary N) is 1.